The predicted octanol–water partition coefficient (Wildman–Crippen LogP) is 7.01. The maximum atomic E-state index is 12.9. The van der Waals surface area contributed by atoms with E-state index >= 15 is 0 Å². The van der Waals surface area contributed by atoms with Gasteiger partial charge in [0.2, 0.25) is 10.0 Å². The Balaban J connectivity index is 0.000000367. The third kappa shape index (κ3) is 9.81. The van der Waals surface area contributed by atoms with Crippen molar-refractivity contribution >= 4 is 19.7 Å². The molecule has 4 nitrogen and oxygen atoms in total. The number of hydrogen-bond donors (Lipinski definition) is 2. The normalized spacial score (nSPS) is 12.3. The first-order valence-corrected chi connectivity index (χ1v) is 15.5. The average Bonchev–Trinajstić information content (AvgIpc) is 2.89. The SMILES string of the molecule is Cc1cc(C)cc(C)c1.Cc1ccc(S(=O)(=O)NC(c2ccccc2)C(N)c2ccccc2)cc1.[Cl][Ru]. The molecule has 0 heterocycles. The van der Waals surface area contributed by atoms with Crippen molar-refractivity contribution < 1.29 is 25.7 Å². The van der Waals surface area contributed by atoms with E-state index in [9.17, 15) is 8.42 Å². The fraction of sp³-hybridized carbons (Fsp3) is 0.200. The van der Waals surface area contributed by atoms with Crippen LogP contribution in [0.25, 0.3) is 0 Å². The van der Waals surface area contributed by atoms with Gasteiger partial charge in [-0.2, -0.15) is 0 Å². The molecule has 0 bridgehead atoms. The van der Waals surface area contributed by atoms with Crippen molar-refractivity contribution in [1.82, 2.24) is 4.72 Å². The Hall–Kier alpha value is -2.34. The summed E-state index contributed by atoms with van der Waals surface area (Å²) in [5.74, 6) is 0. The number of benzene rings is 4. The Morgan fingerprint density at radius 2 is 1.05 bits per heavy atom. The summed E-state index contributed by atoms with van der Waals surface area (Å²) in [5.41, 5.74) is 13.2. The monoisotopic (exact) mass is 623 g/mol. The second kappa shape index (κ2) is 15.2. The molecule has 4 aromatic carbocycles. The molecular weight excluding hydrogens is 589 g/mol. The van der Waals surface area contributed by atoms with Gasteiger partial charge in [-0.1, -0.05) is 113 Å². The summed E-state index contributed by atoms with van der Waals surface area (Å²) >= 11 is 1.82. The molecule has 0 aliphatic rings. The Kier molecular flexibility index (Phi) is 12.7. The van der Waals surface area contributed by atoms with E-state index in [0.29, 0.717) is 0 Å². The molecule has 0 amide bonds. The zero-order chi connectivity index (χ0) is 27.4. The van der Waals surface area contributed by atoms with Crippen LogP contribution in [0.1, 0.15) is 45.5 Å². The fourth-order valence-electron chi connectivity index (χ4n) is 4.03. The van der Waals surface area contributed by atoms with Crippen LogP contribution in [0, 0.1) is 27.7 Å². The summed E-state index contributed by atoms with van der Waals surface area (Å²) in [7, 11) is 0.861. The number of aryl methyl sites for hydroxylation is 4. The van der Waals surface area contributed by atoms with Crippen molar-refractivity contribution in [2.45, 2.75) is 44.7 Å². The van der Waals surface area contributed by atoms with Crippen molar-refractivity contribution in [1.29, 1.82) is 0 Å². The Labute approximate surface area is 236 Å². The van der Waals surface area contributed by atoms with E-state index in [0.717, 1.165) is 16.7 Å². The predicted molar refractivity (Wildman–Crippen MR) is 151 cm³/mol. The molecule has 0 aromatic heterocycles. The van der Waals surface area contributed by atoms with E-state index in [1.807, 2.05) is 84.9 Å². The van der Waals surface area contributed by atoms with E-state index in [2.05, 4.69) is 53.4 Å². The van der Waals surface area contributed by atoms with Gasteiger partial charge in [0, 0.05) is 0 Å². The number of sulfonamides is 1. The third-order valence-corrected chi connectivity index (χ3v) is 7.14. The quantitative estimate of drug-likeness (QED) is 0.227. The van der Waals surface area contributed by atoms with Crippen molar-refractivity contribution in [3.05, 3.63) is 137 Å². The van der Waals surface area contributed by atoms with Gasteiger partial charge in [0.25, 0.3) is 0 Å². The zero-order valence-corrected chi connectivity index (χ0v) is 24.8. The first kappa shape index (κ1) is 30.9. The summed E-state index contributed by atoms with van der Waals surface area (Å²) in [6.45, 7) is 8.29. The van der Waals surface area contributed by atoms with Gasteiger partial charge in [-0.3, -0.25) is 0 Å². The van der Waals surface area contributed by atoms with Crippen molar-refractivity contribution in [3.63, 3.8) is 0 Å². The van der Waals surface area contributed by atoms with Crippen molar-refractivity contribution in [3.8, 4) is 0 Å². The van der Waals surface area contributed by atoms with E-state index < -0.39 is 22.1 Å². The van der Waals surface area contributed by atoms with Gasteiger partial charge in [-0.15, -0.1) is 0 Å². The zero-order valence-electron chi connectivity index (χ0n) is 21.5. The number of rotatable bonds is 6. The molecule has 0 fully saturated rings. The van der Waals surface area contributed by atoms with Crippen molar-refractivity contribution in [2.75, 3.05) is 0 Å². The Morgan fingerprint density at radius 1 is 0.649 bits per heavy atom. The molecule has 4 aromatic rings. The first-order chi connectivity index (χ1) is 17.7. The van der Waals surface area contributed by atoms with E-state index in [-0.39, 0.29) is 4.90 Å². The first-order valence-electron chi connectivity index (χ1n) is 11.8. The Bertz CT molecular complexity index is 1280. The summed E-state index contributed by atoms with van der Waals surface area (Å²) in [5, 5.41) is 0. The van der Waals surface area contributed by atoms with E-state index in [1.54, 1.807) is 24.3 Å². The van der Waals surface area contributed by atoms with E-state index in [4.69, 9.17) is 5.73 Å². The molecule has 197 valence electrons. The molecule has 0 saturated carbocycles. The van der Waals surface area contributed by atoms with Gasteiger partial charge in [0.05, 0.1) is 17.0 Å². The number of hydrogen-bond acceptors (Lipinski definition) is 3. The molecule has 0 radical (unpaired) electrons. The molecule has 7 heteroatoms. The second-order valence-electron chi connectivity index (χ2n) is 8.92. The third-order valence-electron chi connectivity index (χ3n) is 5.68. The van der Waals surface area contributed by atoms with Crippen LogP contribution in [0.5, 0.6) is 0 Å². The number of nitrogens with one attached hydrogen (secondary N) is 1. The molecule has 0 spiro atoms. The summed E-state index contributed by atoms with van der Waals surface area (Å²) in [6.07, 6.45) is 0. The topological polar surface area (TPSA) is 72.2 Å². The summed E-state index contributed by atoms with van der Waals surface area (Å²) in [6, 6.07) is 31.1. The average molecular weight is 623 g/mol. The summed E-state index contributed by atoms with van der Waals surface area (Å²) < 4.78 is 28.6. The van der Waals surface area contributed by atoms with Crippen LogP contribution in [0.4, 0.5) is 0 Å². The number of halogens is 1. The van der Waals surface area contributed by atoms with Crippen LogP contribution < -0.4 is 10.5 Å². The van der Waals surface area contributed by atoms with Gasteiger partial charge in [0.1, 0.15) is 0 Å². The molecule has 2 unspecified atom stereocenters. The van der Waals surface area contributed by atoms with Crippen LogP contribution in [0.2, 0.25) is 0 Å². The fourth-order valence-corrected chi connectivity index (χ4v) is 5.28. The van der Waals surface area contributed by atoms with Gasteiger partial charge < -0.3 is 5.73 Å². The van der Waals surface area contributed by atoms with Crippen LogP contribution >= 0.6 is 9.69 Å². The van der Waals surface area contributed by atoms with E-state index in [1.165, 1.54) is 16.7 Å². The van der Waals surface area contributed by atoms with Gasteiger partial charge >= 0.3 is 27.0 Å². The molecule has 0 aliphatic heterocycles. The molecule has 2 atom stereocenters. The summed E-state index contributed by atoms with van der Waals surface area (Å²) in [4.78, 5) is 0.226. The number of nitrogens with two attached hydrogens (primary N) is 1. The Morgan fingerprint density at radius 3 is 1.49 bits per heavy atom. The van der Waals surface area contributed by atoms with Crippen LogP contribution in [-0.4, -0.2) is 8.42 Å². The molecule has 4 rings (SSSR count). The van der Waals surface area contributed by atoms with Crippen LogP contribution in [0.3, 0.4) is 0 Å². The van der Waals surface area contributed by atoms with Gasteiger partial charge in [-0.05, 0) is 51.0 Å². The van der Waals surface area contributed by atoms with Crippen LogP contribution in [0.15, 0.2) is 108 Å². The molecular formula is C30H34ClN2O2RuS. The van der Waals surface area contributed by atoms with Crippen molar-refractivity contribution in [2.24, 2.45) is 5.73 Å². The molecule has 0 aliphatic carbocycles. The van der Waals surface area contributed by atoms with Gasteiger partial charge in [0.15, 0.2) is 0 Å². The molecule has 37 heavy (non-hydrogen) atoms. The molecule has 3 N–H and O–H groups in total. The molecule has 0 saturated heterocycles. The minimum absolute atomic E-state index is 0.226. The second-order valence-corrected chi connectivity index (χ2v) is 10.6. The van der Waals surface area contributed by atoms with Gasteiger partial charge in [-0.25, -0.2) is 13.1 Å². The maximum absolute atomic E-state index is 12.9. The van der Waals surface area contributed by atoms with Crippen LogP contribution in [-0.2, 0) is 27.3 Å². The standard InChI is InChI=1S/C21H22N2O2S.C9H12.ClH.Ru/c1-16-12-14-19(15-13-16)26(24,25)23-21(18-10-6-3-7-11-18)20(22)17-8-4-2-5-9-17;1-7-4-8(2)6-9(3)5-7;;/h2-15,20-21,23H,22H2,1H3;4-6H,1-3H3;1H;/q;;;+1/p-1. The minimum atomic E-state index is -3.71.